The first kappa shape index (κ1) is 19.5. The molecule has 1 aromatic carbocycles. The Balaban J connectivity index is 1.71. The summed E-state index contributed by atoms with van der Waals surface area (Å²) in [6, 6.07) is 7.22. The van der Waals surface area contributed by atoms with Crippen LogP contribution in [-0.2, 0) is 9.59 Å². The number of carbonyl (C=O) groups excluding carboxylic acids is 2. The number of nitrogens with zero attached hydrogens (tertiary/aromatic N) is 4. The number of carbonyl (C=O) groups is 2. The fourth-order valence-corrected chi connectivity index (χ4v) is 4.44. The Kier molecular flexibility index (Phi) is 5.63. The molecule has 0 aliphatic carbocycles. The predicted octanol–water partition coefficient (Wildman–Crippen LogP) is 2.11. The molecule has 0 N–H and O–H groups in total. The van der Waals surface area contributed by atoms with E-state index in [-0.39, 0.29) is 17.9 Å². The van der Waals surface area contributed by atoms with Crippen molar-refractivity contribution in [3.63, 3.8) is 0 Å². The number of hydrogen-bond acceptors (Lipinski definition) is 4. The quantitative estimate of drug-likeness (QED) is 0.798. The molecule has 0 aromatic heterocycles. The van der Waals surface area contributed by atoms with Gasteiger partial charge in [-0.2, -0.15) is 0 Å². The van der Waals surface area contributed by atoms with Gasteiger partial charge in [0.25, 0.3) is 0 Å². The number of benzene rings is 1. The molecule has 0 spiro atoms. The number of anilines is 2. The fourth-order valence-electron chi connectivity index (χ4n) is 4.44. The molecule has 0 saturated carbocycles. The van der Waals surface area contributed by atoms with Crippen LogP contribution in [0.1, 0.15) is 33.3 Å². The summed E-state index contributed by atoms with van der Waals surface area (Å²) in [5.74, 6) is 0.319. The van der Waals surface area contributed by atoms with Crippen LogP contribution in [0.25, 0.3) is 0 Å². The number of piperazine rings is 2. The van der Waals surface area contributed by atoms with Gasteiger partial charge in [-0.25, -0.2) is 0 Å². The summed E-state index contributed by atoms with van der Waals surface area (Å²) >= 11 is 0. The van der Waals surface area contributed by atoms with Crippen LogP contribution < -0.4 is 9.80 Å². The highest BCUT2D eigenvalue weighted by atomic mass is 16.2. The van der Waals surface area contributed by atoms with Crippen LogP contribution in [0.2, 0.25) is 0 Å². The van der Waals surface area contributed by atoms with Crippen LogP contribution >= 0.6 is 0 Å². The molecule has 27 heavy (non-hydrogen) atoms. The maximum atomic E-state index is 11.7. The van der Waals surface area contributed by atoms with E-state index in [2.05, 4.69) is 48.8 Å². The monoisotopic (exact) mass is 372 g/mol. The highest BCUT2D eigenvalue weighted by Gasteiger charge is 2.28. The van der Waals surface area contributed by atoms with Gasteiger partial charge in [0.2, 0.25) is 11.8 Å². The van der Waals surface area contributed by atoms with Gasteiger partial charge < -0.3 is 19.6 Å². The lowest BCUT2D eigenvalue weighted by molar-refractivity contribution is -0.131. The van der Waals surface area contributed by atoms with E-state index in [4.69, 9.17) is 0 Å². The molecule has 2 aliphatic heterocycles. The van der Waals surface area contributed by atoms with Gasteiger partial charge >= 0.3 is 0 Å². The lowest BCUT2D eigenvalue weighted by atomic mass is 10.1. The van der Waals surface area contributed by atoms with Crippen molar-refractivity contribution in [2.24, 2.45) is 0 Å². The Morgan fingerprint density at radius 3 is 2.22 bits per heavy atom. The first-order valence-electron chi connectivity index (χ1n) is 9.93. The van der Waals surface area contributed by atoms with Crippen LogP contribution in [0.3, 0.4) is 0 Å². The molecule has 2 heterocycles. The molecule has 6 nitrogen and oxygen atoms in total. The Morgan fingerprint density at radius 2 is 1.67 bits per heavy atom. The Morgan fingerprint density at radius 1 is 0.926 bits per heavy atom. The van der Waals surface area contributed by atoms with Crippen molar-refractivity contribution >= 4 is 23.2 Å². The van der Waals surface area contributed by atoms with E-state index in [0.29, 0.717) is 6.04 Å². The number of aryl methyl sites for hydroxylation is 1. The highest BCUT2D eigenvalue weighted by molar-refractivity contribution is 5.74. The molecule has 2 fully saturated rings. The summed E-state index contributed by atoms with van der Waals surface area (Å²) in [6.07, 6.45) is 0. The largest absolute Gasteiger partial charge is 0.367 e. The van der Waals surface area contributed by atoms with Crippen molar-refractivity contribution in [3.05, 3.63) is 23.8 Å². The summed E-state index contributed by atoms with van der Waals surface area (Å²) in [6.45, 7) is 14.7. The second-order valence-corrected chi connectivity index (χ2v) is 7.99. The topological polar surface area (TPSA) is 47.1 Å². The van der Waals surface area contributed by atoms with Crippen LogP contribution in [0.4, 0.5) is 11.4 Å². The molecule has 148 valence electrons. The molecule has 0 unspecified atom stereocenters. The van der Waals surface area contributed by atoms with Crippen LogP contribution in [-0.4, -0.2) is 73.0 Å². The van der Waals surface area contributed by atoms with E-state index < -0.39 is 0 Å². The fraction of sp³-hybridized carbons (Fsp3) is 0.619. The maximum Gasteiger partial charge on any atom is 0.219 e. The Bertz CT molecular complexity index is 720. The highest BCUT2D eigenvalue weighted by Crippen LogP contribution is 2.29. The van der Waals surface area contributed by atoms with E-state index in [1.54, 1.807) is 13.8 Å². The second kappa shape index (κ2) is 7.79. The minimum Gasteiger partial charge on any atom is -0.367 e. The first-order chi connectivity index (χ1) is 12.8. The summed E-state index contributed by atoms with van der Waals surface area (Å²) < 4.78 is 0. The van der Waals surface area contributed by atoms with Gasteiger partial charge in [-0.1, -0.05) is 0 Å². The summed E-state index contributed by atoms with van der Waals surface area (Å²) in [5, 5.41) is 0. The zero-order valence-electron chi connectivity index (χ0n) is 17.2. The molecule has 0 bridgehead atoms. The minimum absolute atomic E-state index is 0.159. The molecule has 1 aromatic rings. The van der Waals surface area contributed by atoms with Crippen molar-refractivity contribution in [3.8, 4) is 0 Å². The smallest absolute Gasteiger partial charge is 0.219 e. The molecule has 2 aliphatic rings. The van der Waals surface area contributed by atoms with Crippen molar-refractivity contribution in [1.29, 1.82) is 0 Å². The average Bonchev–Trinajstić information content (AvgIpc) is 2.61. The van der Waals surface area contributed by atoms with Gasteiger partial charge in [-0.15, -0.1) is 0 Å². The molecular formula is C21H32N4O2. The molecule has 6 heteroatoms. The zero-order chi connectivity index (χ0) is 19.7. The average molecular weight is 373 g/mol. The third kappa shape index (κ3) is 4.04. The third-order valence-electron chi connectivity index (χ3n) is 5.96. The summed E-state index contributed by atoms with van der Waals surface area (Å²) in [5.41, 5.74) is 3.74. The lowest BCUT2D eigenvalue weighted by Crippen LogP contribution is -2.54. The van der Waals surface area contributed by atoms with Crippen molar-refractivity contribution in [1.82, 2.24) is 9.80 Å². The van der Waals surface area contributed by atoms with Crippen molar-refractivity contribution < 1.29 is 9.59 Å². The Labute approximate surface area is 162 Å². The first-order valence-corrected chi connectivity index (χ1v) is 9.93. The molecule has 2 saturated heterocycles. The van der Waals surface area contributed by atoms with Crippen LogP contribution in [0.15, 0.2) is 18.2 Å². The van der Waals surface area contributed by atoms with Gasteiger partial charge in [-0.3, -0.25) is 9.59 Å². The van der Waals surface area contributed by atoms with E-state index in [1.807, 2.05) is 9.80 Å². The normalized spacial score (nSPS) is 23.6. The molecule has 0 radical (unpaired) electrons. The predicted molar refractivity (Wildman–Crippen MR) is 109 cm³/mol. The second-order valence-electron chi connectivity index (χ2n) is 7.99. The van der Waals surface area contributed by atoms with Gasteiger partial charge in [0, 0.05) is 76.6 Å². The number of hydrogen-bond donors (Lipinski definition) is 0. The summed E-state index contributed by atoms with van der Waals surface area (Å²) in [4.78, 5) is 32.0. The van der Waals surface area contributed by atoms with Gasteiger partial charge in [0.1, 0.15) is 0 Å². The molecule has 2 amide bonds. The zero-order valence-corrected chi connectivity index (χ0v) is 17.2. The minimum atomic E-state index is 0.159. The van der Waals surface area contributed by atoms with Gasteiger partial charge in [0.05, 0.1) is 0 Å². The van der Waals surface area contributed by atoms with Crippen molar-refractivity contribution in [2.75, 3.05) is 49.1 Å². The van der Waals surface area contributed by atoms with E-state index in [9.17, 15) is 9.59 Å². The molecule has 3 rings (SSSR count). The van der Waals surface area contributed by atoms with Gasteiger partial charge in [0.15, 0.2) is 0 Å². The summed E-state index contributed by atoms with van der Waals surface area (Å²) in [7, 11) is 0. The number of rotatable bonds is 2. The van der Waals surface area contributed by atoms with E-state index in [0.717, 1.165) is 39.3 Å². The Hall–Kier alpha value is -2.24. The van der Waals surface area contributed by atoms with Gasteiger partial charge in [-0.05, 0) is 44.5 Å². The van der Waals surface area contributed by atoms with Crippen molar-refractivity contribution in [2.45, 2.75) is 46.7 Å². The maximum absolute atomic E-state index is 11.7. The van der Waals surface area contributed by atoms with Crippen LogP contribution in [0.5, 0.6) is 0 Å². The van der Waals surface area contributed by atoms with E-state index in [1.165, 1.54) is 16.9 Å². The number of amides is 2. The third-order valence-corrected chi connectivity index (χ3v) is 5.96. The standard InChI is InChI=1S/C21H32N4O2/c1-15-12-20(25-11-8-22(18(4)26)13-17(25)3)6-7-21(15)23-9-10-24(19(5)27)16(2)14-23/h6-7,12,16-17H,8-11,13-14H2,1-5H3/t16-,17+/m1/s1. The molecule has 2 atom stereocenters. The van der Waals surface area contributed by atoms with Crippen LogP contribution in [0, 0.1) is 6.92 Å². The van der Waals surface area contributed by atoms with E-state index >= 15 is 0 Å². The SMILES string of the molecule is CC(=O)N1CCN(c2ccc(N3CCN(C(C)=O)[C@H](C)C3)c(C)c2)[C@@H](C)C1. The lowest BCUT2D eigenvalue weighted by Gasteiger charge is -2.42. The molecular weight excluding hydrogens is 340 g/mol.